The predicted molar refractivity (Wildman–Crippen MR) is 180 cm³/mol. The summed E-state index contributed by atoms with van der Waals surface area (Å²) in [5.41, 5.74) is 1.13. The van der Waals surface area contributed by atoms with Crippen molar-refractivity contribution in [2.24, 2.45) is 0 Å². The third kappa shape index (κ3) is 8.58. The molecular weight excluding hydrogens is 639 g/mol. The van der Waals surface area contributed by atoms with Gasteiger partial charge in [0, 0.05) is 25.0 Å². The number of rotatable bonds is 12. The van der Waals surface area contributed by atoms with Crippen LogP contribution in [0.2, 0.25) is 0 Å². The van der Waals surface area contributed by atoms with Crippen molar-refractivity contribution < 1.29 is 26.7 Å². The summed E-state index contributed by atoms with van der Waals surface area (Å²) >= 11 is 0. The molecule has 0 fully saturated rings. The Morgan fingerprint density at radius 1 is 0.857 bits per heavy atom. The van der Waals surface area contributed by atoms with E-state index in [1.807, 2.05) is 32.9 Å². The first-order valence-corrected chi connectivity index (χ1v) is 16.0. The molecule has 49 heavy (non-hydrogen) atoms. The second-order valence-electron chi connectivity index (χ2n) is 12.6. The van der Waals surface area contributed by atoms with Crippen molar-refractivity contribution in [3.05, 3.63) is 135 Å². The van der Waals surface area contributed by atoms with Gasteiger partial charge in [0.1, 0.15) is 12.4 Å². The van der Waals surface area contributed by atoms with Gasteiger partial charge in [0.15, 0.2) is 11.6 Å². The number of halogens is 5. The zero-order chi connectivity index (χ0) is 35.3. The molecule has 5 rings (SSSR count). The molecule has 0 unspecified atom stereocenters. The van der Waals surface area contributed by atoms with E-state index >= 15 is 0 Å². The number of carbonyl (C=O) groups excluding carboxylic acids is 1. The summed E-state index contributed by atoms with van der Waals surface area (Å²) < 4.78 is 69.2. The summed E-state index contributed by atoms with van der Waals surface area (Å²) in [7, 11) is 0. The molecule has 256 valence electrons. The number of carbonyl (C=O) groups is 1. The third-order valence-electron chi connectivity index (χ3n) is 8.38. The second kappa shape index (κ2) is 14.7. The Hall–Kier alpha value is -4.90. The normalized spacial score (nSPS) is 12.0. The zero-order valence-corrected chi connectivity index (χ0v) is 27.5. The van der Waals surface area contributed by atoms with E-state index in [0.29, 0.717) is 29.6 Å². The van der Waals surface area contributed by atoms with Crippen LogP contribution >= 0.6 is 0 Å². The van der Waals surface area contributed by atoms with E-state index in [4.69, 9.17) is 0 Å². The summed E-state index contributed by atoms with van der Waals surface area (Å²) in [5, 5.41) is 3.73. The number of nitrogens with zero attached hydrogens (tertiary/aromatic N) is 3. The van der Waals surface area contributed by atoms with E-state index in [-0.39, 0.29) is 43.2 Å². The van der Waals surface area contributed by atoms with Gasteiger partial charge in [0.2, 0.25) is 5.91 Å². The number of hydrogen-bond donors (Lipinski definition) is 1. The average molecular weight is 677 g/mol. The quantitative estimate of drug-likeness (QED) is 0.139. The van der Waals surface area contributed by atoms with E-state index < -0.39 is 34.5 Å². The minimum absolute atomic E-state index is 0.0605. The fourth-order valence-corrected chi connectivity index (χ4v) is 5.98. The highest BCUT2D eigenvalue weighted by Crippen LogP contribution is 2.31. The molecule has 0 atom stereocenters. The molecule has 0 saturated heterocycles. The van der Waals surface area contributed by atoms with Crippen LogP contribution in [0.3, 0.4) is 0 Å². The van der Waals surface area contributed by atoms with Gasteiger partial charge in [-0.05, 0) is 79.4 Å². The van der Waals surface area contributed by atoms with Gasteiger partial charge in [-0.2, -0.15) is 18.2 Å². The number of aryl methyl sites for hydroxylation is 2. The van der Waals surface area contributed by atoms with Crippen molar-refractivity contribution >= 4 is 16.8 Å². The topological polar surface area (TPSA) is 67.2 Å². The third-order valence-corrected chi connectivity index (χ3v) is 8.38. The minimum Gasteiger partial charge on any atom is -0.335 e. The summed E-state index contributed by atoms with van der Waals surface area (Å²) in [5.74, 6) is -1.92. The lowest BCUT2D eigenvalue weighted by molar-refractivity contribution is -0.137. The standard InChI is InChI=1S/C38H37F5N4O2/c1-4-44-37(2,3)24-46(22-25-12-14-26(15-13-25)27-16-19-29(20-17-27)38(41,42)43)34(48)23-47-32-11-6-5-9-30(32)36(49)45-33(47)21-18-28-8-7-10-31(39)35(28)40/h5-17,19-20,44H,4,18,21-24H2,1-3H3. The highest BCUT2D eigenvalue weighted by atomic mass is 19.4. The number of amides is 1. The van der Waals surface area contributed by atoms with Crippen molar-refractivity contribution in [3.63, 3.8) is 0 Å². The maximum atomic E-state index is 14.5. The van der Waals surface area contributed by atoms with Crippen molar-refractivity contribution in [1.29, 1.82) is 0 Å². The van der Waals surface area contributed by atoms with Gasteiger partial charge in [-0.25, -0.2) is 8.78 Å². The second-order valence-corrected chi connectivity index (χ2v) is 12.6. The van der Waals surface area contributed by atoms with Crippen LogP contribution in [-0.4, -0.2) is 39.0 Å². The van der Waals surface area contributed by atoms with Crippen molar-refractivity contribution in [2.75, 3.05) is 13.1 Å². The van der Waals surface area contributed by atoms with Crippen molar-refractivity contribution in [2.45, 2.75) is 58.4 Å². The highest BCUT2D eigenvalue weighted by molar-refractivity contribution is 5.82. The van der Waals surface area contributed by atoms with Crippen LogP contribution in [0.4, 0.5) is 22.0 Å². The van der Waals surface area contributed by atoms with Crippen LogP contribution in [0.5, 0.6) is 0 Å². The SMILES string of the molecule is CCNC(C)(C)CN(Cc1ccc(-c2ccc(C(F)(F)F)cc2)cc1)C(=O)Cn1c(CCc2cccc(F)c2F)nc(=O)c2ccccc21. The van der Waals surface area contributed by atoms with Gasteiger partial charge in [-0.15, -0.1) is 0 Å². The first kappa shape index (κ1) is 35.4. The van der Waals surface area contributed by atoms with E-state index in [2.05, 4.69) is 10.3 Å². The molecule has 0 aliphatic rings. The van der Waals surface area contributed by atoms with Gasteiger partial charge in [0.25, 0.3) is 5.56 Å². The Morgan fingerprint density at radius 2 is 1.51 bits per heavy atom. The molecule has 0 bridgehead atoms. The number of hydrogen-bond acceptors (Lipinski definition) is 4. The molecule has 11 heteroatoms. The molecule has 0 radical (unpaired) electrons. The Balaban J connectivity index is 1.44. The minimum atomic E-state index is -4.42. The molecule has 1 N–H and O–H groups in total. The molecule has 0 spiro atoms. The molecule has 5 aromatic rings. The number of benzene rings is 4. The molecule has 6 nitrogen and oxygen atoms in total. The lowest BCUT2D eigenvalue weighted by Gasteiger charge is -2.34. The smallest absolute Gasteiger partial charge is 0.335 e. The number of aromatic nitrogens is 2. The predicted octanol–water partition coefficient (Wildman–Crippen LogP) is 7.56. The largest absolute Gasteiger partial charge is 0.416 e. The van der Waals surface area contributed by atoms with Crippen LogP contribution in [0.1, 0.15) is 43.3 Å². The Kier molecular flexibility index (Phi) is 10.6. The molecule has 0 aliphatic heterocycles. The van der Waals surface area contributed by atoms with Gasteiger partial charge in [-0.1, -0.05) is 67.6 Å². The molecule has 4 aromatic carbocycles. The van der Waals surface area contributed by atoms with Gasteiger partial charge in [-0.3, -0.25) is 9.59 Å². The Morgan fingerprint density at radius 3 is 2.16 bits per heavy atom. The number of alkyl halides is 3. The number of fused-ring (bicyclic) bond motifs is 1. The van der Waals surface area contributed by atoms with Crippen LogP contribution in [0.15, 0.2) is 95.8 Å². The van der Waals surface area contributed by atoms with Crippen LogP contribution in [0, 0.1) is 11.6 Å². The van der Waals surface area contributed by atoms with Gasteiger partial charge < -0.3 is 14.8 Å². The molecular formula is C38H37F5N4O2. The zero-order valence-electron chi connectivity index (χ0n) is 27.5. The van der Waals surface area contributed by atoms with Crippen LogP contribution < -0.4 is 10.9 Å². The maximum absolute atomic E-state index is 14.5. The van der Waals surface area contributed by atoms with E-state index in [1.54, 1.807) is 45.9 Å². The average Bonchev–Trinajstić information content (AvgIpc) is 3.06. The summed E-state index contributed by atoms with van der Waals surface area (Å²) in [6.45, 7) is 7.01. The summed E-state index contributed by atoms with van der Waals surface area (Å²) in [6.07, 6.45) is -4.27. The van der Waals surface area contributed by atoms with Crippen molar-refractivity contribution in [3.8, 4) is 11.1 Å². The first-order valence-electron chi connectivity index (χ1n) is 16.0. The molecule has 0 saturated carbocycles. The maximum Gasteiger partial charge on any atom is 0.416 e. The summed E-state index contributed by atoms with van der Waals surface area (Å²) in [4.78, 5) is 33.2. The fourth-order valence-electron chi connectivity index (χ4n) is 5.98. The van der Waals surface area contributed by atoms with Crippen LogP contribution in [0.25, 0.3) is 22.0 Å². The monoisotopic (exact) mass is 676 g/mol. The first-order chi connectivity index (χ1) is 23.3. The summed E-state index contributed by atoms with van der Waals surface area (Å²) in [6, 6.07) is 23.0. The highest BCUT2D eigenvalue weighted by Gasteiger charge is 2.30. The number of para-hydroxylation sites is 1. The van der Waals surface area contributed by atoms with Crippen molar-refractivity contribution in [1.82, 2.24) is 19.8 Å². The molecule has 1 aromatic heterocycles. The Labute approximate surface area is 281 Å². The van der Waals surface area contributed by atoms with Gasteiger partial charge >= 0.3 is 6.18 Å². The van der Waals surface area contributed by atoms with E-state index in [0.717, 1.165) is 29.3 Å². The van der Waals surface area contributed by atoms with Crippen LogP contribution in [-0.2, 0) is 36.9 Å². The fraction of sp³-hybridized carbons (Fsp3) is 0.289. The number of nitrogens with one attached hydrogen (secondary N) is 1. The lowest BCUT2D eigenvalue weighted by Crippen LogP contribution is -2.51. The van der Waals surface area contributed by atoms with Gasteiger partial charge in [0.05, 0.1) is 16.5 Å². The number of likely N-dealkylation sites (N-methyl/N-ethyl adjacent to an activating group) is 1. The molecule has 0 aliphatic carbocycles. The molecule has 1 amide bonds. The Bertz CT molecular complexity index is 1990. The lowest BCUT2D eigenvalue weighted by atomic mass is 10.0. The van der Waals surface area contributed by atoms with E-state index in [1.165, 1.54) is 24.3 Å². The molecule has 1 heterocycles. The van der Waals surface area contributed by atoms with E-state index in [9.17, 15) is 31.5 Å².